The molecule has 1 heterocycles. The lowest BCUT2D eigenvalue weighted by molar-refractivity contribution is 0.524. The predicted octanol–water partition coefficient (Wildman–Crippen LogP) is 3.59. The minimum Gasteiger partial charge on any atom is -0.250 e. The third-order valence-electron chi connectivity index (χ3n) is 3.15. The van der Waals surface area contributed by atoms with Crippen LogP contribution in [0.2, 0.25) is 5.02 Å². The molecule has 0 amide bonds. The number of rotatable bonds is 6. The minimum absolute atomic E-state index is 0.316. The van der Waals surface area contributed by atoms with Gasteiger partial charge in [-0.15, -0.1) is 11.6 Å². The summed E-state index contributed by atoms with van der Waals surface area (Å²) in [5.41, 5.74) is 1.14. The van der Waals surface area contributed by atoms with E-state index in [1.165, 1.54) is 0 Å². The van der Waals surface area contributed by atoms with Crippen molar-refractivity contribution >= 4 is 23.2 Å². The normalized spacial score (nSPS) is 12.6. The average molecular weight is 298 g/mol. The molecule has 0 aliphatic rings. The van der Waals surface area contributed by atoms with Crippen LogP contribution >= 0.6 is 23.2 Å². The van der Waals surface area contributed by atoms with Crippen LogP contribution in [0.25, 0.3) is 0 Å². The first kappa shape index (κ1) is 14.4. The van der Waals surface area contributed by atoms with Gasteiger partial charge in [0.1, 0.15) is 12.2 Å². The summed E-state index contributed by atoms with van der Waals surface area (Å²) in [5, 5.41) is 4.98. The van der Waals surface area contributed by atoms with Crippen molar-refractivity contribution in [3.63, 3.8) is 0 Å². The van der Waals surface area contributed by atoms with E-state index >= 15 is 0 Å². The van der Waals surface area contributed by atoms with Crippen LogP contribution in [0.1, 0.15) is 18.3 Å². The van der Waals surface area contributed by atoms with Crippen molar-refractivity contribution in [3.8, 4) is 0 Å². The molecule has 0 saturated heterocycles. The van der Waals surface area contributed by atoms with Crippen LogP contribution in [-0.4, -0.2) is 20.6 Å². The van der Waals surface area contributed by atoms with E-state index in [1.807, 2.05) is 28.9 Å². The molecule has 0 radical (unpaired) electrons. The molecule has 5 heteroatoms. The van der Waals surface area contributed by atoms with Gasteiger partial charge in [0, 0.05) is 23.9 Å². The van der Waals surface area contributed by atoms with Gasteiger partial charge < -0.3 is 0 Å². The molecule has 1 unspecified atom stereocenters. The highest BCUT2D eigenvalue weighted by Crippen LogP contribution is 2.21. The Morgan fingerprint density at radius 2 is 2.05 bits per heavy atom. The molecule has 102 valence electrons. The summed E-state index contributed by atoms with van der Waals surface area (Å²) in [4.78, 5) is 4.30. The van der Waals surface area contributed by atoms with Crippen LogP contribution in [0, 0.1) is 5.92 Å². The van der Waals surface area contributed by atoms with Gasteiger partial charge in [0.25, 0.3) is 0 Å². The quantitative estimate of drug-likeness (QED) is 0.763. The number of halogens is 2. The molecule has 0 aliphatic carbocycles. The predicted molar refractivity (Wildman–Crippen MR) is 78.8 cm³/mol. The topological polar surface area (TPSA) is 30.7 Å². The molecule has 0 aliphatic heterocycles. The highest BCUT2D eigenvalue weighted by Gasteiger charge is 2.14. The van der Waals surface area contributed by atoms with Gasteiger partial charge >= 0.3 is 0 Å². The van der Waals surface area contributed by atoms with Crippen molar-refractivity contribution in [1.82, 2.24) is 14.8 Å². The number of hydrogen-bond acceptors (Lipinski definition) is 2. The van der Waals surface area contributed by atoms with Crippen LogP contribution < -0.4 is 0 Å². The first-order chi connectivity index (χ1) is 9.24. The first-order valence-electron chi connectivity index (χ1n) is 6.40. The molecule has 3 nitrogen and oxygen atoms in total. The zero-order chi connectivity index (χ0) is 13.7. The number of benzene rings is 1. The molecule has 2 rings (SSSR count). The van der Waals surface area contributed by atoms with Crippen molar-refractivity contribution in [2.24, 2.45) is 5.92 Å². The van der Waals surface area contributed by atoms with E-state index < -0.39 is 0 Å². The van der Waals surface area contributed by atoms with Gasteiger partial charge in [-0.2, -0.15) is 5.10 Å². The fourth-order valence-electron chi connectivity index (χ4n) is 2.12. The Morgan fingerprint density at radius 1 is 1.26 bits per heavy atom. The maximum absolute atomic E-state index is 6.19. The second-order valence-corrected chi connectivity index (χ2v) is 5.23. The van der Waals surface area contributed by atoms with Crippen LogP contribution in [0.15, 0.2) is 30.6 Å². The van der Waals surface area contributed by atoms with Crippen molar-refractivity contribution in [1.29, 1.82) is 0 Å². The SMILES string of the molecule is CCn1ncnc1CC(CCl)Cc1ccccc1Cl. The lowest BCUT2D eigenvalue weighted by atomic mass is 9.97. The van der Waals surface area contributed by atoms with Gasteiger partial charge in [-0.25, -0.2) is 4.98 Å². The highest BCUT2D eigenvalue weighted by molar-refractivity contribution is 6.31. The minimum atomic E-state index is 0.316. The van der Waals surface area contributed by atoms with E-state index in [0.717, 1.165) is 35.8 Å². The maximum atomic E-state index is 6.19. The van der Waals surface area contributed by atoms with Crippen molar-refractivity contribution in [2.75, 3.05) is 5.88 Å². The molecule has 2 aromatic rings. The lowest BCUT2D eigenvalue weighted by Gasteiger charge is -2.14. The van der Waals surface area contributed by atoms with Gasteiger partial charge in [0.15, 0.2) is 0 Å². The largest absolute Gasteiger partial charge is 0.250 e. The Balaban J connectivity index is 2.07. The summed E-state index contributed by atoms with van der Waals surface area (Å²) in [6.07, 6.45) is 3.28. The number of nitrogens with zero attached hydrogens (tertiary/aromatic N) is 3. The third-order valence-corrected chi connectivity index (χ3v) is 3.96. The summed E-state index contributed by atoms with van der Waals surface area (Å²) < 4.78 is 1.91. The number of alkyl halides is 1. The van der Waals surface area contributed by atoms with Crippen LogP contribution in [0.4, 0.5) is 0 Å². The summed E-state index contributed by atoms with van der Waals surface area (Å²) in [6.45, 7) is 2.89. The average Bonchev–Trinajstić information content (AvgIpc) is 2.87. The van der Waals surface area contributed by atoms with Gasteiger partial charge in [0.05, 0.1) is 0 Å². The Bertz CT molecular complexity index is 525. The van der Waals surface area contributed by atoms with Gasteiger partial charge in [-0.05, 0) is 30.9 Å². The van der Waals surface area contributed by atoms with Crippen molar-refractivity contribution in [2.45, 2.75) is 26.3 Å². The van der Waals surface area contributed by atoms with Gasteiger partial charge in [-0.3, -0.25) is 4.68 Å². The second-order valence-electron chi connectivity index (χ2n) is 4.51. The molecule has 0 fully saturated rings. The molecule has 1 atom stereocenters. The fraction of sp³-hybridized carbons (Fsp3) is 0.429. The fourth-order valence-corrected chi connectivity index (χ4v) is 2.56. The highest BCUT2D eigenvalue weighted by atomic mass is 35.5. The Labute approximate surface area is 123 Å². The Morgan fingerprint density at radius 3 is 2.74 bits per heavy atom. The molecule has 19 heavy (non-hydrogen) atoms. The lowest BCUT2D eigenvalue weighted by Crippen LogP contribution is -2.15. The van der Waals surface area contributed by atoms with E-state index in [0.29, 0.717) is 11.8 Å². The van der Waals surface area contributed by atoms with E-state index in [4.69, 9.17) is 23.2 Å². The molecule has 0 bridgehead atoms. The smallest absolute Gasteiger partial charge is 0.138 e. The zero-order valence-electron chi connectivity index (χ0n) is 10.9. The Hall–Kier alpha value is -1.06. The monoisotopic (exact) mass is 297 g/mol. The molecule has 0 N–H and O–H groups in total. The molecule has 0 saturated carbocycles. The molecule has 1 aromatic carbocycles. The Kier molecular flexibility index (Phi) is 5.23. The maximum Gasteiger partial charge on any atom is 0.138 e. The number of aromatic nitrogens is 3. The molecule has 1 aromatic heterocycles. The summed E-state index contributed by atoms with van der Waals surface area (Å²) >= 11 is 12.3. The van der Waals surface area contributed by atoms with Crippen LogP contribution in [0.5, 0.6) is 0 Å². The number of hydrogen-bond donors (Lipinski definition) is 0. The van der Waals surface area contributed by atoms with Crippen LogP contribution in [0.3, 0.4) is 0 Å². The van der Waals surface area contributed by atoms with E-state index in [2.05, 4.69) is 17.0 Å². The summed E-state index contributed by atoms with van der Waals surface area (Å²) in [6, 6.07) is 7.90. The first-order valence-corrected chi connectivity index (χ1v) is 7.31. The number of aryl methyl sites for hydroxylation is 1. The molecular weight excluding hydrogens is 281 g/mol. The standard InChI is InChI=1S/C14H17Cl2N3/c1-2-19-14(17-10-18-19)8-11(9-15)7-12-5-3-4-6-13(12)16/h3-6,10-11H,2,7-9H2,1H3. The summed E-state index contributed by atoms with van der Waals surface area (Å²) in [5.74, 6) is 1.89. The third kappa shape index (κ3) is 3.71. The van der Waals surface area contributed by atoms with E-state index in [9.17, 15) is 0 Å². The molecule has 0 spiro atoms. The van der Waals surface area contributed by atoms with Gasteiger partial charge in [-0.1, -0.05) is 29.8 Å². The van der Waals surface area contributed by atoms with Crippen molar-refractivity contribution in [3.05, 3.63) is 47.0 Å². The summed E-state index contributed by atoms with van der Waals surface area (Å²) in [7, 11) is 0. The van der Waals surface area contributed by atoms with Crippen molar-refractivity contribution < 1.29 is 0 Å². The molecular formula is C14H17Cl2N3. The van der Waals surface area contributed by atoms with E-state index in [-0.39, 0.29) is 0 Å². The second kappa shape index (κ2) is 6.92. The van der Waals surface area contributed by atoms with Gasteiger partial charge in [0.2, 0.25) is 0 Å². The zero-order valence-corrected chi connectivity index (χ0v) is 12.4. The van der Waals surface area contributed by atoms with Crippen LogP contribution in [-0.2, 0) is 19.4 Å². The van der Waals surface area contributed by atoms with E-state index in [1.54, 1.807) is 6.33 Å².